The fraction of sp³-hybridized carbons (Fsp3) is 0.375. The summed E-state index contributed by atoms with van der Waals surface area (Å²) in [7, 11) is 0. The summed E-state index contributed by atoms with van der Waals surface area (Å²) in [6, 6.07) is -0.622. The largest absolute Gasteiger partial charge is 1.00 e. The third-order valence-corrected chi connectivity index (χ3v) is 3.15. The molecule has 1 radical (unpaired) electrons. The van der Waals surface area contributed by atoms with Crippen LogP contribution in [0.4, 0.5) is 0 Å². The first-order valence-corrected chi connectivity index (χ1v) is 7.09. The van der Waals surface area contributed by atoms with Crippen molar-refractivity contribution in [1.29, 1.82) is 0 Å². The molecule has 1 aromatic heterocycles. The molecule has 1 N–H and O–H groups in total. The van der Waals surface area contributed by atoms with Gasteiger partial charge in [0.05, 0.1) is 6.04 Å². The molecular weight excluding hydrogens is 540 g/mol. The van der Waals surface area contributed by atoms with Crippen molar-refractivity contribution < 1.29 is 88.2 Å². The van der Waals surface area contributed by atoms with Crippen molar-refractivity contribution in [2.24, 2.45) is 0 Å². The number of aromatic nitrogens is 1. The Hall–Kier alpha value is 0.168. The van der Waals surface area contributed by atoms with Crippen LogP contribution in [0.3, 0.4) is 0 Å². The summed E-state index contributed by atoms with van der Waals surface area (Å²) in [4.78, 5) is 35.1. The van der Waals surface area contributed by atoms with Crippen LogP contribution in [0.2, 0.25) is 0 Å². The topological polar surface area (TPSA) is 68.2 Å². The molecule has 121 valence electrons. The Morgan fingerprint density at radius 2 is 1.91 bits per heavy atom. The van der Waals surface area contributed by atoms with E-state index in [1.807, 2.05) is 26.8 Å². The Labute approximate surface area is 199 Å². The Balaban J connectivity index is 0. The summed E-state index contributed by atoms with van der Waals surface area (Å²) in [5.74, 6) is -0.718. The maximum Gasteiger partial charge on any atom is 1.00 e. The summed E-state index contributed by atoms with van der Waals surface area (Å²) in [5, 5.41) is 2.25. The van der Waals surface area contributed by atoms with Gasteiger partial charge in [-0.2, -0.15) is 0 Å². The number of imide groups is 1. The molecule has 2 rings (SSSR count). The van der Waals surface area contributed by atoms with Gasteiger partial charge in [-0.3, -0.25) is 14.9 Å². The van der Waals surface area contributed by atoms with E-state index in [-0.39, 0.29) is 96.5 Å². The standard InChI is InChI=1S/C14H15N2O3.C2H6.Rb.Re/c1-3-5-9-8-16(14(19)10(9)4-2)11-6-7-12(17)15-13(11)18;1-2;;/h3-5,8,11H,2,6-7H2,1H3,(H,15,17,18);1-2H3;;/q-1;;+1;/b5-3-;;;. The fourth-order valence-corrected chi connectivity index (χ4v) is 2.24. The molecule has 0 saturated carbocycles. The normalized spacial score (nSPS) is 16.6. The number of allylic oxidation sites excluding steroid dienone is 1. The first-order chi connectivity index (χ1) is 10.1. The quantitative estimate of drug-likeness (QED) is 0.391. The second-order valence-corrected chi connectivity index (χ2v) is 4.38. The third kappa shape index (κ3) is 6.19. The Morgan fingerprint density at radius 3 is 2.39 bits per heavy atom. The number of nitrogens with one attached hydrogen (secondary N) is 1. The van der Waals surface area contributed by atoms with Crippen LogP contribution in [-0.2, 0) is 30.0 Å². The predicted molar refractivity (Wildman–Crippen MR) is 83.9 cm³/mol. The average Bonchev–Trinajstić information content (AvgIpc) is 2.78. The maximum atomic E-state index is 12.2. The third-order valence-electron chi connectivity index (χ3n) is 3.15. The van der Waals surface area contributed by atoms with E-state index in [4.69, 9.17) is 0 Å². The van der Waals surface area contributed by atoms with Crippen LogP contribution >= 0.6 is 0 Å². The zero-order valence-electron chi connectivity index (χ0n) is 14.1. The molecule has 7 heteroatoms. The van der Waals surface area contributed by atoms with Gasteiger partial charge in [-0.1, -0.05) is 32.5 Å². The number of piperidine rings is 1. The molecule has 23 heavy (non-hydrogen) atoms. The van der Waals surface area contributed by atoms with Crippen molar-refractivity contribution in [3.05, 3.63) is 40.3 Å². The number of carbonyl (C=O) groups is 2. The van der Waals surface area contributed by atoms with Crippen LogP contribution < -0.4 is 69.1 Å². The minimum atomic E-state index is -0.622. The zero-order chi connectivity index (χ0) is 16.0. The van der Waals surface area contributed by atoms with Gasteiger partial charge in [-0.05, 0) is 6.42 Å². The molecule has 2 heterocycles. The first-order valence-electron chi connectivity index (χ1n) is 7.09. The van der Waals surface area contributed by atoms with Gasteiger partial charge in [0.2, 0.25) is 11.8 Å². The molecule has 5 nitrogen and oxygen atoms in total. The number of hydrogen-bond donors (Lipinski definition) is 1. The second-order valence-electron chi connectivity index (χ2n) is 4.38. The second kappa shape index (κ2) is 12.5. The molecule has 1 fully saturated rings. The molecule has 1 aliphatic heterocycles. The van der Waals surface area contributed by atoms with Crippen LogP contribution in [0.1, 0.15) is 50.8 Å². The number of hydrogen-bond acceptors (Lipinski definition) is 3. The minimum Gasteiger partial charge on any atom is -0.391 e. The van der Waals surface area contributed by atoms with Gasteiger partial charge in [0.1, 0.15) is 5.56 Å². The summed E-state index contributed by atoms with van der Waals surface area (Å²) in [6.07, 6.45) is 7.33. The van der Waals surface area contributed by atoms with Gasteiger partial charge >= 0.3 is 58.2 Å². The van der Waals surface area contributed by atoms with Crippen molar-refractivity contribution >= 4 is 24.0 Å². The summed E-state index contributed by atoms with van der Waals surface area (Å²) in [5.41, 5.74) is 0.951. The van der Waals surface area contributed by atoms with E-state index >= 15 is 0 Å². The SMILES string of the molecule is C=Cc1c(/C=C\C)[cH-]n(C2CCC(=O)NC2=O)c1=O.CC.[Rb+].[Re]. The first kappa shape index (κ1) is 25.4. The minimum absolute atomic E-state index is 0. The maximum absolute atomic E-state index is 12.2. The van der Waals surface area contributed by atoms with E-state index in [2.05, 4.69) is 11.9 Å². The van der Waals surface area contributed by atoms with Crippen LogP contribution in [0.5, 0.6) is 0 Å². The van der Waals surface area contributed by atoms with E-state index in [0.29, 0.717) is 12.0 Å². The number of nitrogens with zero attached hydrogens (tertiary/aromatic N) is 1. The zero-order valence-corrected chi connectivity index (χ0v) is 21.7. The fourth-order valence-electron chi connectivity index (χ4n) is 2.24. The van der Waals surface area contributed by atoms with Gasteiger partial charge in [-0.25, -0.2) is 0 Å². The average molecular weight is 561 g/mol. The van der Waals surface area contributed by atoms with E-state index in [9.17, 15) is 14.4 Å². The number of amides is 2. The van der Waals surface area contributed by atoms with Crippen LogP contribution in [0, 0.1) is 0 Å². The van der Waals surface area contributed by atoms with Crippen LogP contribution in [-0.4, -0.2) is 16.4 Å². The molecule has 1 unspecified atom stereocenters. The van der Waals surface area contributed by atoms with Gasteiger partial charge in [0.25, 0.3) is 0 Å². The van der Waals surface area contributed by atoms with Crippen molar-refractivity contribution in [2.75, 3.05) is 0 Å². The molecule has 0 aliphatic carbocycles. The molecule has 0 aromatic carbocycles. The smallest absolute Gasteiger partial charge is 0.391 e. The Morgan fingerprint density at radius 1 is 1.30 bits per heavy atom. The number of rotatable bonds is 3. The van der Waals surface area contributed by atoms with Crippen molar-refractivity contribution in [2.45, 2.75) is 39.7 Å². The van der Waals surface area contributed by atoms with Crippen molar-refractivity contribution in [1.82, 2.24) is 9.88 Å². The van der Waals surface area contributed by atoms with E-state index in [1.165, 1.54) is 10.6 Å². The molecule has 0 bridgehead atoms. The Kier molecular flexibility index (Phi) is 13.8. The van der Waals surface area contributed by atoms with Gasteiger partial charge < -0.3 is 9.36 Å². The van der Waals surface area contributed by atoms with Gasteiger partial charge in [0, 0.05) is 26.8 Å². The van der Waals surface area contributed by atoms with E-state index in [1.54, 1.807) is 12.3 Å². The molecule has 1 aliphatic rings. The molecule has 1 atom stereocenters. The predicted octanol–water partition coefficient (Wildman–Crippen LogP) is -0.751. The molecular formula is C16H21N2O3RbRe. The van der Waals surface area contributed by atoms with Gasteiger partial charge in [-0.15, -0.1) is 30.4 Å². The molecule has 2 amide bonds. The molecule has 0 spiro atoms. The monoisotopic (exact) mass is 561 g/mol. The van der Waals surface area contributed by atoms with Crippen molar-refractivity contribution in [3.63, 3.8) is 0 Å². The summed E-state index contributed by atoms with van der Waals surface area (Å²) < 4.78 is 1.38. The van der Waals surface area contributed by atoms with Crippen molar-refractivity contribution in [3.8, 4) is 0 Å². The number of carbonyl (C=O) groups excluding carboxylic acids is 2. The van der Waals surface area contributed by atoms with E-state index in [0.717, 1.165) is 5.56 Å². The van der Waals surface area contributed by atoms with Crippen LogP contribution in [0.15, 0.2) is 23.6 Å². The van der Waals surface area contributed by atoms with Gasteiger partial charge in [0.15, 0.2) is 0 Å². The molecule has 1 saturated heterocycles. The summed E-state index contributed by atoms with van der Waals surface area (Å²) >= 11 is 0. The van der Waals surface area contributed by atoms with E-state index < -0.39 is 11.9 Å². The van der Waals surface area contributed by atoms with Crippen LogP contribution in [0.25, 0.3) is 12.2 Å². The molecule has 1 aromatic rings. The summed E-state index contributed by atoms with van der Waals surface area (Å²) in [6.45, 7) is 9.47. The Bertz CT molecular complexity index is 632.